The molecule has 1 aliphatic heterocycles. The molecule has 5 nitrogen and oxygen atoms in total. The molecule has 3 rings (SSSR count). The van der Waals surface area contributed by atoms with Crippen LogP contribution in [0.15, 0.2) is 17.1 Å². The lowest BCUT2D eigenvalue weighted by atomic mass is 10.1. The van der Waals surface area contributed by atoms with Crippen LogP contribution in [0.25, 0.3) is 11.2 Å². The summed E-state index contributed by atoms with van der Waals surface area (Å²) >= 11 is 5.94. The number of likely N-dealkylation sites (tertiary alicyclic amines) is 1. The van der Waals surface area contributed by atoms with Gasteiger partial charge in [0.1, 0.15) is 0 Å². The predicted molar refractivity (Wildman–Crippen MR) is 71.0 cm³/mol. The molecule has 0 amide bonds. The lowest BCUT2D eigenvalue weighted by molar-refractivity contribution is 0.378. The van der Waals surface area contributed by atoms with Crippen LogP contribution in [0, 0.1) is 5.92 Å². The van der Waals surface area contributed by atoms with E-state index < -0.39 is 0 Å². The number of hydrogen-bond donors (Lipinski definition) is 1. The average molecular weight is 267 g/mol. The van der Waals surface area contributed by atoms with Crippen LogP contribution in [0.3, 0.4) is 0 Å². The van der Waals surface area contributed by atoms with E-state index in [1.54, 1.807) is 16.8 Å². The Bertz CT molecular complexity index is 633. The highest BCUT2D eigenvalue weighted by molar-refractivity contribution is 6.31. The van der Waals surface area contributed by atoms with E-state index in [9.17, 15) is 4.79 Å². The second-order valence-electron chi connectivity index (χ2n) is 4.98. The number of halogens is 1. The third-order valence-corrected chi connectivity index (χ3v) is 3.73. The molecule has 1 aliphatic rings. The molecule has 0 spiro atoms. The number of fused-ring (bicyclic) bond motifs is 1. The van der Waals surface area contributed by atoms with E-state index in [-0.39, 0.29) is 5.69 Å². The molecule has 1 saturated heterocycles. The van der Waals surface area contributed by atoms with Crippen molar-refractivity contribution >= 4 is 22.8 Å². The molecule has 18 heavy (non-hydrogen) atoms. The zero-order valence-electron chi connectivity index (χ0n) is 10.2. The second kappa shape index (κ2) is 4.40. The van der Waals surface area contributed by atoms with Crippen LogP contribution in [0.1, 0.15) is 6.42 Å². The Morgan fingerprint density at radius 1 is 1.61 bits per heavy atom. The number of aromatic amines is 1. The summed E-state index contributed by atoms with van der Waals surface area (Å²) in [5, 5.41) is 0.554. The van der Waals surface area contributed by atoms with Crippen molar-refractivity contribution in [3.63, 3.8) is 0 Å². The SMILES string of the molecule is CN1CCC(Cn2c(=O)[nH]c3ncc(Cl)cc32)C1. The van der Waals surface area contributed by atoms with Crippen molar-refractivity contribution in [2.45, 2.75) is 13.0 Å². The van der Waals surface area contributed by atoms with Crippen molar-refractivity contribution in [2.75, 3.05) is 20.1 Å². The minimum absolute atomic E-state index is 0.102. The Hall–Kier alpha value is -1.33. The van der Waals surface area contributed by atoms with Crippen LogP contribution < -0.4 is 5.69 Å². The summed E-state index contributed by atoms with van der Waals surface area (Å²) in [5.41, 5.74) is 1.30. The molecular weight excluding hydrogens is 252 g/mol. The maximum Gasteiger partial charge on any atom is 0.327 e. The minimum atomic E-state index is -0.102. The van der Waals surface area contributed by atoms with Gasteiger partial charge in [0.05, 0.1) is 10.5 Å². The highest BCUT2D eigenvalue weighted by atomic mass is 35.5. The van der Waals surface area contributed by atoms with Crippen LogP contribution in [0.4, 0.5) is 0 Å². The molecule has 0 bridgehead atoms. The summed E-state index contributed by atoms with van der Waals surface area (Å²) < 4.78 is 1.75. The van der Waals surface area contributed by atoms with Gasteiger partial charge in [-0.15, -0.1) is 0 Å². The van der Waals surface area contributed by atoms with Gasteiger partial charge in [-0.1, -0.05) is 11.6 Å². The topological polar surface area (TPSA) is 53.9 Å². The standard InChI is InChI=1S/C12H15ClN4O/c1-16-3-2-8(6-16)7-17-10-4-9(13)5-14-11(10)15-12(17)18/h4-5,8H,2-3,6-7H2,1H3,(H,14,15,18). The number of H-pyrrole nitrogens is 1. The number of nitrogens with zero attached hydrogens (tertiary/aromatic N) is 3. The van der Waals surface area contributed by atoms with Gasteiger partial charge in [-0.2, -0.15) is 0 Å². The van der Waals surface area contributed by atoms with E-state index in [1.165, 1.54) is 0 Å². The number of imidazole rings is 1. The van der Waals surface area contributed by atoms with Gasteiger partial charge in [0.2, 0.25) is 0 Å². The van der Waals surface area contributed by atoms with E-state index in [4.69, 9.17) is 11.6 Å². The van der Waals surface area contributed by atoms with Crippen LogP contribution >= 0.6 is 11.6 Å². The molecule has 2 aromatic heterocycles. The zero-order chi connectivity index (χ0) is 12.7. The smallest absolute Gasteiger partial charge is 0.306 e. The van der Waals surface area contributed by atoms with Crippen molar-refractivity contribution in [3.05, 3.63) is 27.8 Å². The summed E-state index contributed by atoms with van der Waals surface area (Å²) in [7, 11) is 2.11. The van der Waals surface area contributed by atoms with Crippen LogP contribution in [-0.4, -0.2) is 39.6 Å². The molecule has 0 aliphatic carbocycles. The molecule has 1 atom stereocenters. The Morgan fingerprint density at radius 2 is 2.44 bits per heavy atom. The van der Waals surface area contributed by atoms with Crippen molar-refractivity contribution in [1.82, 2.24) is 19.4 Å². The molecule has 0 radical (unpaired) electrons. The fraction of sp³-hybridized carbons (Fsp3) is 0.500. The van der Waals surface area contributed by atoms with Gasteiger partial charge in [0, 0.05) is 19.3 Å². The zero-order valence-corrected chi connectivity index (χ0v) is 10.9. The third-order valence-electron chi connectivity index (χ3n) is 3.53. The van der Waals surface area contributed by atoms with Crippen molar-refractivity contribution in [1.29, 1.82) is 0 Å². The molecule has 1 fully saturated rings. The van der Waals surface area contributed by atoms with Crippen LogP contribution in [0.5, 0.6) is 0 Å². The first-order valence-corrected chi connectivity index (χ1v) is 6.44. The number of pyridine rings is 1. The summed E-state index contributed by atoms with van der Waals surface area (Å²) in [5.74, 6) is 0.519. The van der Waals surface area contributed by atoms with Gasteiger partial charge >= 0.3 is 5.69 Å². The lowest BCUT2D eigenvalue weighted by Crippen LogP contribution is -2.23. The van der Waals surface area contributed by atoms with Gasteiger partial charge in [-0.3, -0.25) is 9.55 Å². The summed E-state index contributed by atoms with van der Waals surface area (Å²) in [6.45, 7) is 2.86. The molecular formula is C12H15ClN4O. The van der Waals surface area contributed by atoms with Crippen LogP contribution in [0.2, 0.25) is 5.02 Å². The highest BCUT2D eigenvalue weighted by Crippen LogP contribution is 2.19. The Morgan fingerprint density at radius 3 is 3.17 bits per heavy atom. The first-order valence-electron chi connectivity index (χ1n) is 6.06. The van der Waals surface area contributed by atoms with E-state index in [0.29, 0.717) is 16.6 Å². The first kappa shape index (κ1) is 11.7. The van der Waals surface area contributed by atoms with E-state index in [1.807, 2.05) is 0 Å². The van der Waals surface area contributed by atoms with Crippen molar-refractivity contribution < 1.29 is 0 Å². The van der Waals surface area contributed by atoms with Crippen molar-refractivity contribution in [2.24, 2.45) is 5.92 Å². The minimum Gasteiger partial charge on any atom is -0.306 e. The van der Waals surface area contributed by atoms with Gasteiger partial charge in [-0.05, 0) is 32.0 Å². The second-order valence-corrected chi connectivity index (χ2v) is 5.42. The quantitative estimate of drug-likeness (QED) is 0.892. The van der Waals surface area contributed by atoms with Gasteiger partial charge in [0.25, 0.3) is 0 Å². The number of nitrogens with one attached hydrogen (secondary N) is 1. The molecule has 96 valence electrons. The molecule has 0 saturated carbocycles. The Balaban J connectivity index is 1.98. The summed E-state index contributed by atoms with van der Waals surface area (Å²) in [6, 6.07) is 1.79. The number of aromatic nitrogens is 3. The largest absolute Gasteiger partial charge is 0.327 e. The lowest BCUT2D eigenvalue weighted by Gasteiger charge is -2.11. The molecule has 1 unspecified atom stereocenters. The van der Waals surface area contributed by atoms with Gasteiger partial charge in [0.15, 0.2) is 5.65 Å². The summed E-state index contributed by atoms with van der Waals surface area (Å²) in [6.07, 6.45) is 2.68. The Labute approximate surface area is 109 Å². The normalized spacial score (nSPS) is 20.9. The fourth-order valence-electron chi connectivity index (χ4n) is 2.62. The Kier molecular flexibility index (Phi) is 2.87. The van der Waals surface area contributed by atoms with Gasteiger partial charge < -0.3 is 4.90 Å². The monoisotopic (exact) mass is 266 g/mol. The first-order chi connectivity index (χ1) is 8.63. The van der Waals surface area contributed by atoms with Gasteiger partial charge in [-0.25, -0.2) is 9.78 Å². The summed E-state index contributed by atoms with van der Waals surface area (Å²) in [4.78, 5) is 21.1. The third kappa shape index (κ3) is 2.04. The van der Waals surface area contributed by atoms with E-state index >= 15 is 0 Å². The molecule has 2 aromatic rings. The molecule has 6 heteroatoms. The fourth-order valence-corrected chi connectivity index (χ4v) is 2.78. The average Bonchev–Trinajstić information content (AvgIpc) is 2.86. The maximum absolute atomic E-state index is 11.9. The van der Waals surface area contributed by atoms with Crippen LogP contribution in [-0.2, 0) is 6.54 Å². The predicted octanol–water partition coefficient (Wildman–Crippen LogP) is 1.33. The molecule has 3 heterocycles. The number of hydrogen-bond acceptors (Lipinski definition) is 3. The molecule has 1 N–H and O–H groups in total. The number of rotatable bonds is 2. The maximum atomic E-state index is 11.9. The van der Waals surface area contributed by atoms with E-state index in [0.717, 1.165) is 31.6 Å². The van der Waals surface area contributed by atoms with E-state index in [2.05, 4.69) is 21.9 Å². The molecule has 0 aromatic carbocycles. The highest BCUT2D eigenvalue weighted by Gasteiger charge is 2.21. The van der Waals surface area contributed by atoms with Crippen molar-refractivity contribution in [3.8, 4) is 0 Å².